The molecule has 4 rings (SSSR count). The first-order valence-electron chi connectivity index (χ1n) is 9.97. The van der Waals surface area contributed by atoms with Crippen LogP contribution in [0.3, 0.4) is 0 Å². The summed E-state index contributed by atoms with van der Waals surface area (Å²) < 4.78 is 26.1. The van der Waals surface area contributed by atoms with Crippen molar-refractivity contribution in [2.75, 3.05) is 24.6 Å². The molecule has 0 bridgehead atoms. The number of halogens is 2. The molecule has 3 heterocycles. The predicted molar refractivity (Wildman–Crippen MR) is 111 cm³/mol. The number of hydrogen-bond acceptors (Lipinski definition) is 6. The van der Waals surface area contributed by atoms with E-state index in [1.807, 2.05) is 32.0 Å². The van der Waals surface area contributed by atoms with Gasteiger partial charge in [-0.15, -0.1) is 0 Å². The van der Waals surface area contributed by atoms with Crippen molar-refractivity contribution < 1.29 is 13.6 Å². The highest BCUT2D eigenvalue weighted by Crippen LogP contribution is 2.23. The molecule has 1 saturated heterocycles. The number of hydrogen-bond donors (Lipinski definition) is 1. The smallest absolute Gasteiger partial charge is 0.264 e. The summed E-state index contributed by atoms with van der Waals surface area (Å²) in [6.45, 7) is 5.12. The van der Waals surface area contributed by atoms with Crippen molar-refractivity contribution in [3.05, 3.63) is 65.6 Å². The second-order valence-electron chi connectivity index (χ2n) is 7.45. The fraction of sp³-hybridized carbons (Fsp3) is 0.333. The van der Waals surface area contributed by atoms with Crippen molar-refractivity contribution >= 4 is 11.7 Å². The molecular formula is C21H23F2N7O. The second-order valence-corrected chi connectivity index (χ2v) is 7.45. The van der Waals surface area contributed by atoms with E-state index in [2.05, 4.69) is 20.6 Å². The molecule has 1 amide bonds. The standard InChI is InChI=1S/C21H23F2N7O/c1-14-3-4-18(30-25-7-8-26-30)17(11-14)21(31)28-9-10-29(27-13-15(28)2)19-12-16(20(22)23)5-6-24-19/h3-8,11-12,15,20,27H,9-10,13H2,1-2H3/t15-/m1/s1. The molecule has 1 aromatic carbocycles. The Bertz CT molecular complexity index is 1060. The van der Waals surface area contributed by atoms with Crippen molar-refractivity contribution in [3.8, 4) is 5.69 Å². The van der Waals surface area contributed by atoms with Gasteiger partial charge >= 0.3 is 0 Å². The van der Waals surface area contributed by atoms with E-state index in [1.165, 1.54) is 23.1 Å². The molecule has 162 valence electrons. The number of anilines is 1. The number of rotatable bonds is 4. The largest absolute Gasteiger partial charge is 0.333 e. The lowest BCUT2D eigenvalue weighted by Gasteiger charge is -2.27. The summed E-state index contributed by atoms with van der Waals surface area (Å²) >= 11 is 0. The van der Waals surface area contributed by atoms with E-state index in [4.69, 9.17) is 0 Å². The molecular weight excluding hydrogens is 404 g/mol. The van der Waals surface area contributed by atoms with Crippen LogP contribution in [0.1, 0.15) is 34.8 Å². The highest BCUT2D eigenvalue weighted by Gasteiger charge is 2.28. The number of nitrogens with zero attached hydrogens (tertiary/aromatic N) is 6. The average Bonchev–Trinajstić information content (AvgIpc) is 3.23. The zero-order chi connectivity index (χ0) is 22.0. The minimum atomic E-state index is -2.57. The summed E-state index contributed by atoms with van der Waals surface area (Å²) in [5.41, 5.74) is 5.18. The topological polar surface area (TPSA) is 79.2 Å². The third kappa shape index (κ3) is 4.38. The maximum atomic E-state index is 13.5. The average molecular weight is 427 g/mol. The van der Waals surface area contributed by atoms with Gasteiger partial charge in [0.1, 0.15) is 5.82 Å². The highest BCUT2D eigenvalue weighted by molar-refractivity contribution is 5.98. The van der Waals surface area contributed by atoms with Gasteiger partial charge in [-0.05, 0) is 38.1 Å². The summed E-state index contributed by atoms with van der Waals surface area (Å²) in [6.07, 6.45) is 1.92. The van der Waals surface area contributed by atoms with Crippen LogP contribution in [0.4, 0.5) is 14.6 Å². The number of hydrazine groups is 1. The summed E-state index contributed by atoms with van der Waals surface area (Å²) in [6, 6.07) is 8.10. The summed E-state index contributed by atoms with van der Waals surface area (Å²) in [4.78, 5) is 20.9. The van der Waals surface area contributed by atoms with Crippen LogP contribution in [0.5, 0.6) is 0 Å². The molecule has 2 aromatic heterocycles. The van der Waals surface area contributed by atoms with E-state index < -0.39 is 6.43 Å². The lowest BCUT2D eigenvalue weighted by Crippen LogP contribution is -2.43. The van der Waals surface area contributed by atoms with Gasteiger partial charge in [-0.1, -0.05) is 11.6 Å². The molecule has 0 saturated carbocycles. The van der Waals surface area contributed by atoms with Crippen molar-refractivity contribution in [1.82, 2.24) is 30.3 Å². The number of aryl methyl sites for hydroxylation is 1. The summed E-state index contributed by atoms with van der Waals surface area (Å²) in [7, 11) is 0. The Balaban J connectivity index is 1.58. The molecule has 31 heavy (non-hydrogen) atoms. The highest BCUT2D eigenvalue weighted by atomic mass is 19.3. The summed E-state index contributed by atoms with van der Waals surface area (Å²) in [5.74, 6) is 0.262. The fourth-order valence-electron chi connectivity index (χ4n) is 3.56. The van der Waals surface area contributed by atoms with Crippen LogP contribution in [-0.4, -0.2) is 56.5 Å². The lowest BCUT2D eigenvalue weighted by atomic mass is 10.1. The van der Waals surface area contributed by atoms with Gasteiger partial charge in [0.15, 0.2) is 0 Å². The minimum absolute atomic E-state index is 0.0897. The van der Waals surface area contributed by atoms with Crippen molar-refractivity contribution in [2.24, 2.45) is 0 Å². The van der Waals surface area contributed by atoms with E-state index in [0.717, 1.165) is 5.56 Å². The SMILES string of the molecule is Cc1ccc(-n2nccn2)c(C(=O)N2CCN(c3cc(C(F)F)ccn3)NC[C@H]2C)c1. The monoisotopic (exact) mass is 427 g/mol. The molecule has 1 aliphatic heterocycles. The van der Waals surface area contributed by atoms with Crippen LogP contribution in [0.2, 0.25) is 0 Å². The predicted octanol–water partition coefficient (Wildman–Crippen LogP) is 2.76. The van der Waals surface area contributed by atoms with Crippen molar-refractivity contribution in [2.45, 2.75) is 26.3 Å². The molecule has 0 radical (unpaired) electrons. The van der Waals surface area contributed by atoms with Gasteiger partial charge in [-0.25, -0.2) is 19.2 Å². The zero-order valence-corrected chi connectivity index (χ0v) is 17.2. The molecule has 0 spiro atoms. The first-order chi connectivity index (χ1) is 14.9. The third-order valence-electron chi connectivity index (χ3n) is 5.25. The fourth-order valence-corrected chi connectivity index (χ4v) is 3.56. The van der Waals surface area contributed by atoms with Gasteiger partial charge in [-0.3, -0.25) is 9.80 Å². The molecule has 1 aliphatic rings. The third-order valence-corrected chi connectivity index (χ3v) is 5.25. The van der Waals surface area contributed by atoms with Crippen molar-refractivity contribution in [3.63, 3.8) is 0 Å². The molecule has 0 unspecified atom stereocenters. The van der Waals surface area contributed by atoms with E-state index in [0.29, 0.717) is 36.7 Å². The Morgan fingerprint density at radius 2 is 1.90 bits per heavy atom. The van der Waals surface area contributed by atoms with Crippen LogP contribution in [0, 0.1) is 6.92 Å². The van der Waals surface area contributed by atoms with Crippen molar-refractivity contribution in [1.29, 1.82) is 0 Å². The lowest BCUT2D eigenvalue weighted by molar-refractivity contribution is 0.0711. The van der Waals surface area contributed by atoms with Gasteiger partial charge in [0.2, 0.25) is 0 Å². The molecule has 1 atom stereocenters. The summed E-state index contributed by atoms with van der Waals surface area (Å²) in [5, 5.41) is 10.0. The molecule has 10 heteroatoms. The quantitative estimate of drug-likeness (QED) is 0.690. The Morgan fingerprint density at radius 1 is 1.13 bits per heavy atom. The van der Waals surface area contributed by atoms with Crippen LogP contribution in [-0.2, 0) is 0 Å². The first kappa shape index (κ1) is 20.9. The number of carbonyl (C=O) groups excluding carboxylic acids is 1. The van der Waals surface area contributed by atoms with E-state index in [1.54, 1.807) is 22.3 Å². The zero-order valence-electron chi connectivity index (χ0n) is 17.2. The number of aromatic nitrogens is 4. The molecule has 3 aromatic rings. The van der Waals surface area contributed by atoms with E-state index >= 15 is 0 Å². The Morgan fingerprint density at radius 3 is 2.65 bits per heavy atom. The minimum Gasteiger partial charge on any atom is -0.333 e. The number of nitrogens with one attached hydrogen (secondary N) is 1. The van der Waals surface area contributed by atoms with Gasteiger partial charge in [0, 0.05) is 30.9 Å². The van der Waals surface area contributed by atoms with Crippen LogP contribution < -0.4 is 10.4 Å². The van der Waals surface area contributed by atoms with Gasteiger partial charge in [-0.2, -0.15) is 15.0 Å². The normalized spacial score (nSPS) is 17.1. The Hall–Kier alpha value is -3.40. The number of carbonyl (C=O) groups is 1. The number of amides is 1. The van der Waals surface area contributed by atoms with E-state index in [-0.39, 0.29) is 17.5 Å². The Kier molecular flexibility index (Phi) is 5.90. The molecule has 8 nitrogen and oxygen atoms in total. The Labute approximate surface area is 178 Å². The first-order valence-corrected chi connectivity index (χ1v) is 9.97. The second kappa shape index (κ2) is 8.76. The molecule has 0 aliphatic carbocycles. The molecule has 1 N–H and O–H groups in total. The van der Waals surface area contributed by atoms with Gasteiger partial charge < -0.3 is 4.90 Å². The number of pyridine rings is 1. The molecule has 1 fully saturated rings. The maximum Gasteiger partial charge on any atom is 0.264 e. The number of benzene rings is 1. The van der Waals surface area contributed by atoms with Gasteiger partial charge in [0.25, 0.3) is 12.3 Å². The van der Waals surface area contributed by atoms with Gasteiger partial charge in [0.05, 0.1) is 30.2 Å². The van der Waals surface area contributed by atoms with Crippen LogP contribution in [0.25, 0.3) is 5.69 Å². The number of alkyl halides is 2. The maximum absolute atomic E-state index is 13.5. The van der Waals surface area contributed by atoms with Crippen LogP contribution in [0.15, 0.2) is 48.9 Å². The van der Waals surface area contributed by atoms with Crippen LogP contribution >= 0.6 is 0 Å². The van der Waals surface area contributed by atoms with E-state index in [9.17, 15) is 13.6 Å².